The Morgan fingerprint density at radius 1 is 1.38 bits per heavy atom. The van der Waals surface area contributed by atoms with Gasteiger partial charge in [-0.3, -0.25) is 4.79 Å². The average Bonchev–Trinajstić information content (AvgIpc) is 3.02. The third-order valence-corrected chi connectivity index (χ3v) is 6.66. The summed E-state index contributed by atoms with van der Waals surface area (Å²) in [5.74, 6) is -0.267. The molecule has 1 fully saturated rings. The van der Waals surface area contributed by atoms with E-state index in [4.69, 9.17) is 25.8 Å². The standard InChI is InChI=1S/C22H26ClIN2O6/c1-22(2)7-5-15(18(22)26-8-6-14(27)13(12-26)21(28)29)32-17-11-16(19(23)25-20(17)24)31-10-4-9-30-3/h6,8,11-12,15,18H,4-5,7,9-10H2,1-3H3,(H,28,29). The summed E-state index contributed by atoms with van der Waals surface area (Å²) in [6.07, 6.45) is 5.11. The number of hydrogen-bond donors (Lipinski definition) is 1. The predicted molar refractivity (Wildman–Crippen MR) is 128 cm³/mol. The molecule has 2 unspecified atom stereocenters. The fourth-order valence-electron chi connectivity index (χ4n) is 4.04. The maximum absolute atomic E-state index is 11.9. The van der Waals surface area contributed by atoms with Gasteiger partial charge in [-0.1, -0.05) is 25.4 Å². The molecule has 2 heterocycles. The number of ether oxygens (including phenoxy) is 3. The molecule has 0 saturated heterocycles. The van der Waals surface area contributed by atoms with Crippen LogP contribution in [0.15, 0.2) is 29.3 Å². The van der Waals surface area contributed by atoms with Gasteiger partial charge in [-0.25, -0.2) is 9.78 Å². The monoisotopic (exact) mass is 576 g/mol. The van der Waals surface area contributed by atoms with E-state index in [2.05, 4.69) is 41.4 Å². The smallest absolute Gasteiger partial charge is 0.341 e. The number of pyridine rings is 2. The molecule has 0 spiro atoms. The Balaban J connectivity index is 1.88. The molecule has 32 heavy (non-hydrogen) atoms. The van der Waals surface area contributed by atoms with Gasteiger partial charge in [-0.05, 0) is 40.8 Å². The summed E-state index contributed by atoms with van der Waals surface area (Å²) in [5, 5.41) is 9.63. The van der Waals surface area contributed by atoms with Crippen molar-refractivity contribution in [1.29, 1.82) is 0 Å². The molecule has 0 radical (unpaired) electrons. The second-order valence-corrected chi connectivity index (χ2v) is 9.74. The number of aromatic nitrogens is 2. The molecule has 1 aliphatic carbocycles. The van der Waals surface area contributed by atoms with Crippen molar-refractivity contribution in [2.45, 2.75) is 45.3 Å². The normalized spacial score (nSPS) is 19.7. The second-order valence-electron chi connectivity index (χ2n) is 8.36. The minimum Gasteiger partial charge on any atom is -0.490 e. The van der Waals surface area contributed by atoms with Crippen molar-refractivity contribution >= 4 is 40.2 Å². The van der Waals surface area contributed by atoms with Crippen LogP contribution >= 0.6 is 34.2 Å². The van der Waals surface area contributed by atoms with Crippen molar-refractivity contribution in [2.75, 3.05) is 20.3 Å². The molecule has 0 amide bonds. The highest BCUT2D eigenvalue weighted by atomic mass is 127. The number of carboxylic acids is 1. The largest absolute Gasteiger partial charge is 0.490 e. The molecule has 2 aromatic rings. The van der Waals surface area contributed by atoms with Crippen LogP contribution in [0.4, 0.5) is 0 Å². The number of methoxy groups -OCH3 is 1. The van der Waals surface area contributed by atoms with Crippen molar-refractivity contribution in [3.8, 4) is 11.5 Å². The van der Waals surface area contributed by atoms with Crippen molar-refractivity contribution in [3.63, 3.8) is 0 Å². The Bertz CT molecular complexity index is 1040. The summed E-state index contributed by atoms with van der Waals surface area (Å²) < 4.78 is 19.5. The first kappa shape index (κ1) is 24.8. The van der Waals surface area contributed by atoms with Gasteiger partial charge in [0.1, 0.15) is 15.4 Å². The predicted octanol–water partition coefficient (Wildman–Crippen LogP) is 4.42. The van der Waals surface area contributed by atoms with Gasteiger partial charge in [0, 0.05) is 44.7 Å². The van der Waals surface area contributed by atoms with Crippen LogP contribution in [0.5, 0.6) is 11.5 Å². The molecule has 174 valence electrons. The fraction of sp³-hybridized carbons (Fsp3) is 0.500. The second kappa shape index (κ2) is 10.4. The molecule has 2 aromatic heterocycles. The van der Waals surface area contributed by atoms with E-state index in [-0.39, 0.29) is 28.3 Å². The summed E-state index contributed by atoms with van der Waals surface area (Å²) >= 11 is 8.31. The van der Waals surface area contributed by atoms with E-state index < -0.39 is 11.4 Å². The van der Waals surface area contributed by atoms with Crippen molar-refractivity contribution in [1.82, 2.24) is 9.55 Å². The molecule has 1 saturated carbocycles. The highest BCUT2D eigenvalue weighted by molar-refractivity contribution is 14.1. The summed E-state index contributed by atoms with van der Waals surface area (Å²) in [5.41, 5.74) is -0.961. The first-order valence-electron chi connectivity index (χ1n) is 10.2. The van der Waals surface area contributed by atoms with E-state index >= 15 is 0 Å². The summed E-state index contributed by atoms with van der Waals surface area (Å²) in [7, 11) is 1.63. The van der Waals surface area contributed by atoms with Crippen LogP contribution in [0.25, 0.3) is 0 Å². The molecule has 3 rings (SSSR count). The van der Waals surface area contributed by atoms with Gasteiger partial charge in [-0.2, -0.15) is 0 Å². The van der Waals surface area contributed by atoms with Crippen LogP contribution in [-0.4, -0.2) is 47.1 Å². The van der Waals surface area contributed by atoms with E-state index in [1.54, 1.807) is 23.9 Å². The Morgan fingerprint density at radius 2 is 2.12 bits per heavy atom. The highest BCUT2D eigenvalue weighted by Gasteiger charge is 2.44. The first-order valence-corrected chi connectivity index (χ1v) is 11.7. The summed E-state index contributed by atoms with van der Waals surface area (Å²) in [4.78, 5) is 27.8. The lowest BCUT2D eigenvalue weighted by Crippen LogP contribution is -2.33. The Morgan fingerprint density at radius 3 is 2.81 bits per heavy atom. The quantitative estimate of drug-likeness (QED) is 0.268. The van der Waals surface area contributed by atoms with Crippen molar-refractivity contribution in [2.24, 2.45) is 5.41 Å². The van der Waals surface area contributed by atoms with Crippen LogP contribution in [0, 0.1) is 9.12 Å². The molecule has 1 aliphatic rings. The Kier molecular flexibility index (Phi) is 8.05. The van der Waals surface area contributed by atoms with E-state index in [0.717, 1.165) is 12.8 Å². The number of hydrogen-bond acceptors (Lipinski definition) is 6. The highest BCUT2D eigenvalue weighted by Crippen LogP contribution is 2.48. The van der Waals surface area contributed by atoms with Gasteiger partial charge in [0.25, 0.3) is 0 Å². The zero-order valence-electron chi connectivity index (χ0n) is 18.1. The average molecular weight is 577 g/mol. The number of carbonyl (C=O) groups is 1. The zero-order valence-corrected chi connectivity index (χ0v) is 21.1. The van der Waals surface area contributed by atoms with Crippen molar-refractivity contribution in [3.05, 3.63) is 49.2 Å². The van der Waals surface area contributed by atoms with Gasteiger partial charge in [0.2, 0.25) is 0 Å². The topological polar surface area (TPSA) is 99.9 Å². The minimum absolute atomic E-state index is 0.180. The number of aromatic carboxylic acids is 1. The molecular formula is C22H26ClIN2O6. The van der Waals surface area contributed by atoms with E-state index in [9.17, 15) is 14.7 Å². The van der Waals surface area contributed by atoms with Crippen LogP contribution in [-0.2, 0) is 4.74 Å². The lowest BCUT2D eigenvalue weighted by Gasteiger charge is -2.33. The molecule has 0 bridgehead atoms. The van der Waals surface area contributed by atoms with Gasteiger partial charge in [-0.15, -0.1) is 0 Å². The summed E-state index contributed by atoms with van der Waals surface area (Å²) in [6.45, 7) is 5.23. The van der Waals surface area contributed by atoms with Crippen LogP contribution in [0.1, 0.15) is 49.5 Å². The van der Waals surface area contributed by atoms with Gasteiger partial charge < -0.3 is 23.9 Å². The van der Waals surface area contributed by atoms with Crippen molar-refractivity contribution < 1.29 is 24.1 Å². The van der Waals surface area contributed by atoms with Gasteiger partial charge in [0.05, 0.1) is 12.6 Å². The Labute approximate surface area is 205 Å². The maximum Gasteiger partial charge on any atom is 0.341 e. The molecule has 0 aromatic carbocycles. The van der Waals surface area contributed by atoms with Gasteiger partial charge >= 0.3 is 5.97 Å². The number of rotatable bonds is 9. The van der Waals surface area contributed by atoms with Gasteiger partial charge in [0.15, 0.2) is 22.1 Å². The molecule has 8 nitrogen and oxygen atoms in total. The lowest BCUT2D eigenvalue weighted by molar-refractivity contribution is 0.0691. The number of halogens is 2. The SMILES string of the molecule is COCCCOc1cc(OC2CCC(C)(C)C2n2ccc(=O)c(C(=O)O)c2)c(I)nc1Cl. The Hall–Kier alpha value is -1.85. The molecule has 0 aliphatic heterocycles. The summed E-state index contributed by atoms with van der Waals surface area (Å²) in [6, 6.07) is 2.84. The third kappa shape index (κ3) is 5.55. The van der Waals surface area contributed by atoms with Crippen LogP contribution in [0.2, 0.25) is 5.15 Å². The van der Waals surface area contributed by atoms with E-state index in [1.165, 1.54) is 12.3 Å². The number of nitrogens with zero attached hydrogens (tertiary/aromatic N) is 2. The van der Waals surface area contributed by atoms with Crippen LogP contribution < -0.4 is 14.9 Å². The first-order chi connectivity index (χ1) is 15.1. The lowest BCUT2D eigenvalue weighted by atomic mass is 9.86. The molecule has 10 heteroatoms. The third-order valence-electron chi connectivity index (χ3n) is 5.61. The molecular weight excluding hydrogens is 551 g/mol. The van der Waals surface area contributed by atoms with Crippen LogP contribution in [0.3, 0.4) is 0 Å². The number of carboxylic acid groups (broad SMARTS) is 1. The fourth-order valence-corrected chi connectivity index (χ4v) is 4.90. The minimum atomic E-state index is -1.25. The van der Waals surface area contributed by atoms with E-state index in [0.29, 0.717) is 34.8 Å². The molecule has 2 atom stereocenters. The maximum atomic E-state index is 11.9. The molecule has 1 N–H and O–H groups in total. The van der Waals surface area contributed by atoms with E-state index in [1.807, 2.05) is 0 Å². The zero-order chi connectivity index (χ0) is 23.5.